The quantitative estimate of drug-likeness (QED) is 0.783. The molecule has 0 aliphatic rings. The molecule has 4 nitrogen and oxygen atoms in total. The molecule has 1 aromatic carbocycles. The van der Waals surface area contributed by atoms with Gasteiger partial charge >= 0.3 is 0 Å². The number of nitrogens with two attached hydrogens (primary N) is 1. The average Bonchev–Trinajstić information content (AvgIpc) is 2.20. The topological polar surface area (TPSA) is 64.3 Å². The van der Waals surface area contributed by atoms with E-state index in [0.29, 0.717) is 5.75 Å². The molecule has 0 radical (unpaired) electrons. The van der Waals surface area contributed by atoms with Crippen LogP contribution in [0.25, 0.3) is 0 Å². The zero-order chi connectivity index (χ0) is 13.0. The molecule has 0 unspecified atom stereocenters. The Morgan fingerprint density at radius 3 is 2.59 bits per heavy atom. The summed E-state index contributed by atoms with van der Waals surface area (Å²) < 4.78 is 5.47. The second-order valence-electron chi connectivity index (χ2n) is 4.49. The van der Waals surface area contributed by atoms with E-state index in [4.69, 9.17) is 10.5 Å². The number of carbonyl (C=O) groups is 1. The summed E-state index contributed by atoms with van der Waals surface area (Å²) >= 11 is 0. The number of anilines is 1. The van der Waals surface area contributed by atoms with Gasteiger partial charge in [-0.15, -0.1) is 0 Å². The van der Waals surface area contributed by atoms with Crippen LogP contribution >= 0.6 is 0 Å². The van der Waals surface area contributed by atoms with Crippen LogP contribution in [0.15, 0.2) is 12.1 Å². The summed E-state index contributed by atoms with van der Waals surface area (Å²) in [7, 11) is 0. The monoisotopic (exact) mass is 236 g/mol. The molecule has 0 aliphatic heterocycles. The van der Waals surface area contributed by atoms with Crippen LogP contribution in [0.5, 0.6) is 5.75 Å². The summed E-state index contributed by atoms with van der Waals surface area (Å²) in [5, 5.41) is 2.77. The largest absolute Gasteiger partial charge is 0.483 e. The molecule has 0 aromatic heterocycles. The molecule has 1 amide bonds. The molecular formula is C13H20N2O2. The SMILES string of the molecule is Cc1cc(OCC(=O)NC(C)C)c(C)cc1N. The molecule has 0 fully saturated rings. The lowest BCUT2D eigenvalue weighted by Gasteiger charge is -2.12. The molecule has 0 aliphatic carbocycles. The van der Waals surface area contributed by atoms with E-state index in [1.54, 1.807) is 0 Å². The van der Waals surface area contributed by atoms with Crippen LogP contribution in [-0.2, 0) is 4.79 Å². The molecule has 0 bridgehead atoms. The van der Waals surface area contributed by atoms with Gasteiger partial charge in [0.25, 0.3) is 5.91 Å². The van der Waals surface area contributed by atoms with Gasteiger partial charge in [0.2, 0.25) is 0 Å². The van der Waals surface area contributed by atoms with E-state index < -0.39 is 0 Å². The van der Waals surface area contributed by atoms with Crippen molar-refractivity contribution in [2.75, 3.05) is 12.3 Å². The smallest absolute Gasteiger partial charge is 0.258 e. The first-order chi connectivity index (χ1) is 7.90. The van der Waals surface area contributed by atoms with Crippen LogP contribution < -0.4 is 15.8 Å². The van der Waals surface area contributed by atoms with Gasteiger partial charge in [-0.3, -0.25) is 4.79 Å². The van der Waals surface area contributed by atoms with Crippen LogP contribution in [-0.4, -0.2) is 18.6 Å². The van der Waals surface area contributed by atoms with Crippen molar-refractivity contribution in [2.45, 2.75) is 33.7 Å². The summed E-state index contributed by atoms with van der Waals surface area (Å²) in [6, 6.07) is 3.83. The highest BCUT2D eigenvalue weighted by molar-refractivity contribution is 5.77. The minimum Gasteiger partial charge on any atom is -0.483 e. The van der Waals surface area contributed by atoms with Crippen molar-refractivity contribution < 1.29 is 9.53 Å². The number of nitrogens with one attached hydrogen (secondary N) is 1. The Labute approximate surface area is 102 Å². The van der Waals surface area contributed by atoms with E-state index in [1.807, 2.05) is 39.8 Å². The molecular weight excluding hydrogens is 216 g/mol. The molecule has 0 heterocycles. The highest BCUT2D eigenvalue weighted by Gasteiger charge is 2.07. The molecule has 3 N–H and O–H groups in total. The first-order valence-electron chi connectivity index (χ1n) is 5.69. The molecule has 0 saturated heterocycles. The Morgan fingerprint density at radius 1 is 1.35 bits per heavy atom. The molecule has 1 rings (SSSR count). The number of aryl methyl sites for hydroxylation is 2. The van der Waals surface area contributed by atoms with E-state index >= 15 is 0 Å². The summed E-state index contributed by atoms with van der Waals surface area (Å²) in [6.45, 7) is 7.68. The van der Waals surface area contributed by atoms with Crippen molar-refractivity contribution >= 4 is 11.6 Å². The summed E-state index contributed by atoms with van der Waals surface area (Å²) in [4.78, 5) is 11.4. The number of carbonyl (C=O) groups excluding carboxylic acids is 1. The summed E-state index contributed by atoms with van der Waals surface area (Å²) in [5.41, 5.74) is 8.40. The lowest BCUT2D eigenvalue weighted by molar-refractivity contribution is -0.123. The fraction of sp³-hybridized carbons (Fsp3) is 0.462. The minimum absolute atomic E-state index is 0.0301. The van der Waals surface area contributed by atoms with Crippen molar-refractivity contribution in [2.24, 2.45) is 0 Å². The van der Waals surface area contributed by atoms with Gasteiger partial charge < -0.3 is 15.8 Å². The number of hydrogen-bond donors (Lipinski definition) is 2. The molecule has 94 valence electrons. The van der Waals surface area contributed by atoms with Crippen LogP contribution in [0, 0.1) is 13.8 Å². The van der Waals surface area contributed by atoms with Gasteiger partial charge in [-0.1, -0.05) is 0 Å². The van der Waals surface area contributed by atoms with Gasteiger partial charge in [0.05, 0.1) is 0 Å². The van der Waals surface area contributed by atoms with Gasteiger partial charge in [0.15, 0.2) is 6.61 Å². The number of ether oxygens (including phenoxy) is 1. The van der Waals surface area contributed by atoms with Gasteiger partial charge in [0.1, 0.15) is 5.75 Å². The molecule has 17 heavy (non-hydrogen) atoms. The van der Waals surface area contributed by atoms with Crippen LogP contribution in [0.3, 0.4) is 0 Å². The molecule has 0 atom stereocenters. The standard InChI is InChI=1S/C13H20N2O2/c1-8(2)15-13(16)7-17-12-6-9(3)11(14)5-10(12)4/h5-6,8H,7,14H2,1-4H3,(H,15,16). The average molecular weight is 236 g/mol. The van der Waals surface area contributed by atoms with Crippen LogP contribution in [0.4, 0.5) is 5.69 Å². The van der Waals surface area contributed by atoms with Crippen molar-refractivity contribution in [1.29, 1.82) is 0 Å². The number of amides is 1. The molecule has 0 saturated carbocycles. The van der Waals surface area contributed by atoms with Gasteiger partial charge in [-0.05, 0) is 51.0 Å². The minimum atomic E-state index is -0.117. The van der Waals surface area contributed by atoms with E-state index in [9.17, 15) is 4.79 Å². The lowest BCUT2D eigenvalue weighted by atomic mass is 10.1. The Hall–Kier alpha value is -1.71. The summed E-state index contributed by atoms with van der Waals surface area (Å²) in [5.74, 6) is 0.587. The molecule has 1 aromatic rings. The third-order valence-electron chi connectivity index (χ3n) is 2.37. The maximum atomic E-state index is 11.4. The summed E-state index contributed by atoms with van der Waals surface area (Å²) in [6.07, 6.45) is 0. The number of rotatable bonds is 4. The van der Waals surface area contributed by atoms with E-state index in [1.165, 1.54) is 0 Å². The number of hydrogen-bond acceptors (Lipinski definition) is 3. The zero-order valence-electron chi connectivity index (χ0n) is 10.8. The van der Waals surface area contributed by atoms with Crippen molar-refractivity contribution in [3.8, 4) is 5.75 Å². The second kappa shape index (κ2) is 5.57. The van der Waals surface area contributed by atoms with Crippen LogP contribution in [0.2, 0.25) is 0 Å². The highest BCUT2D eigenvalue weighted by atomic mass is 16.5. The third-order valence-corrected chi connectivity index (χ3v) is 2.37. The molecule has 0 spiro atoms. The lowest BCUT2D eigenvalue weighted by Crippen LogP contribution is -2.34. The number of benzene rings is 1. The van der Waals surface area contributed by atoms with Gasteiger partial charge in [-0.25, -0.2) is 0 Å². The Bertz CT molecular complexity index is 414. The van der Waals surface area contributed by atoms with Crippen molar-refractivity contribution in [1.82, 2.24) is 5.32 Å². The number of nitrogen functional groups attached to an aromatic ring is 1. The Kier molecular flexibility index (Phi) is 4.37. The Morgan fingerprint density at radius 2 is 2.00 bits per heavy atom. The van der Waals surface area contributed by atoms with Crippen molar-refractivity contribution in [3.05, 3.63) is 23.3 Å². The maximum absolute atomic E-state index is 11.4. The fourth-order valence-electron chi connectivity index (χ4n) is 1.47. The highest BCUT2D eigenvalue weighted by Crippen LogP contribution is 2.23. The van der Waals surface area contributed by atoms with E-state index in [2.05, 4.69) is 5.32 Å². The normalized spacial score (nSPS) is 10.4. The first-order valence-corrected chi connectivity index (χ1v) is 5.69. The van der Waals surface area contributed by atoms with Crippen LogP contribution in [0.1, 0.15) is 25.0 Å². The fourth-order valence-corrected chi connectivity index (χ4v) is 1.47. The van der Waals surface area contributed by atoms with Crippen molar-refractivity contribution in [3.63, 3.8) is 0 Å². The van der Waals surface area contributed by atoms with Gasteiger partial charge in [0, 0.05) is 11.7 Å². The third kappa shape index (κ3) is 3.98. The predicted octanol–water partition coefficient (Wildman–Crippen LogP) is 1.79. The molecule has 4 heteroatoms. The van der Waals surface area contributed by atoms with E-state index in [0.717, 1.165) is 16.8 Å². The second-order valence-corrected chi connectivity index (χ2v) is 4.49. The van der Waals surface area contributed by atoms with Gasteiger partial charge in [-0.2, -0.15) is 0 Å². The van der Waals surface area contributed by atoms with E-state index in [-0.39, 0.29) is 18.6 Å². The zero-order valence-corrected chi connectivity index (χ0v) is 10.8. The maximum Gasteiger partial charge on any atom is 0.258 e. The Balaban J connectivity index is 2.63. The predicted molar refractivity (Wildman–Crippen MR) is 69.1 cm³/mol. The first kappa shape index (κ1) is 13.4.